The van der Waals surface area contributed by atoms with Crippen molar-refractivity contribution in [2.75, 3.05) is 47.9 Å². The van der Waals surface area contributed by atoms with E-state index in [0.29, 0.717) is 40.3 Å². The third kappa shape index (κ3) is 6.18. The van der Waals surface area contributed by atoms with E-state index in [1.807, 2.05) is 0 Å². The van der Waals surface area contributed by atoms with Crippen LogP contribution in [0.15, 0.2) is 54.6 Å². The molecule has 0 aliphatic carbocycles. The molecule has 0 unspecified atom stereocenters. The number of carbonyl (C=O) groups is 1. The first-order valence-electron chi connectivity index (χ1n) is 13.1. The fourth-order valence-electron chi connectivity index (χ4n) is 5.08. The molecule has 3 N–H and O–H groups in total. The first-order chi connectivity index (χ1) is 19.2. The minimum atomic E-state index is -3.55. The Morgan fingerprint density at radius 3 is 2.45 bits per heavy atom. The van der Waals surface area contributed by atoms with Crippen molar-refractivity contribution in [3.8, 4) is 16.9 Å². The van der Waals surface area contributed by atoms with E-state index in [-0.39, 0.29) is 23.1 Å². The molecule has 2 aliphatic rings. The van der Waals surface area contributed by atoms with E-state index in [9.17, 15) is 23.3 Å². The molecule has 1 amide bonds. The average molecular weight is 566 g/mol. The standard InChI is InChI=1S/C28H31N5O6S/c1-39-27-17-20(7-11-26(27)33(35)36)19-6-9-22-24(16-19)29-23-10-8-21(18-25(23)30-28(22)34)31-40(37,38)15-5-14-32-12-3-2-4-13-32/h6-11,16-18,29,31H,2-5,12-15H2,1H3,(H,30,34). The summed E-state index contributed by atoms with van der Waals surface area (Å²) >= 11 is 0. The first-order valence-corrected chi connectivity index (χ1v) is 14.8. The molecule has 2 heterocycles. The molecule has 0 spiro atoms. The monoisotopic (exact) mass is 565 g/mol. The number of benzene rings is 3. The van der Waals surface area contributed by atoms with Crippen molar-refractivity contribution in [3.63, 3.8) is 0 Å². The molecule has 0 bridgehead atoms. The van der Waals surface area contributed by atoms with Crippen LogP contribution in [0.1, 0.15) is 36.0 Å². The number of nitro benzene ring substituents is 1. The summed E-state index contributed by atoms with van der Waals surface area (Å²) in [6.45, 7) is 2.81. The largest absolute Gasteiger partial charge is 0.490 e. The van der Waals surface area contributed by atoms with Crippen LogP contribution in [0.4, 0.5) is 28.4 Å². The molecule has 3 aromatic rings. The normalized spacial score (nSPS) is 15.2. The molecule has 1 saturated heterocycles. The predicted molar refractivity (Wildman–Crippen MR) is 155 cm³/mol. The highest BCUT2D eigenvalue weighted by Crippen LogP contribution is 2.38. The van der Waals surface area contributed by atoms with Crippen molar-refractivity contribution in [1.82, 2.24) is 4.90 Å². The molecule has 5 rings (SSSR count). The second-order valence-electron chi connectivity index (χ2n) is 9.92. The summed E-state index contributed by atoms with van der Waals surface area (Å²) in [7, 11) is -2.18. The second-order valence-corrected chi connectivity index (χ2v) is 11.8. The number of sulfonamides is 1. The molecule has 12 heteroatoms. The van der Waals surface area contributed by atoms with Gasteiger partial charge in [0.1, 0.15) is 0 Å². The molecule has 1 fully saturated rings. The minimum Gasteiger partial charge on any atom is -0.490 e. The summed E-state index contributed by atoms with van der Waals surface area (Å²) in [6, 6.07) is 14.7. The zero-order valence-corrected chi connectivity index (χ0v) is 22.9. The van der Waals surface area contributed by atoms with Gasteiger partial charge < -0.3 is 20.3 Å². The maximum atomic E-state index is 13.0. The van der Waals surface area contributed by atoms with Gasteiger partial charge in [-0.15, -0.1) is 0 Å². The van der Waals surface area contributed by atoms with Crippen LogP contribution >= 0.6 is 0 Å². The lowest BCUT2D eigenvalue weighted by atomic mass is 10.0. The van der Waals surface area contributed by atoms with Crippen LogP contribution in [0, 0.1) is 10.1 Å². The van der Waals surface area contributed by atoms with E-state index in [2.05, 4.69) is 20.3 Å². The lowest BCUT2D eigenvalue weighted by molar-refractivity contribution is -0.385. The topological polar surface area (TPSA) is 143 Å². The van der Waals surface area contributed by atoms with E-state index in [0.717, 1.165) is 38.0 Å². The number of hydrogen-bond donors (Lipinski definition) is 3. The smallest absolute Gasteiger partial charge is 0.310 e. The van der Waals surface area contributed by atoms with Gasteiger partial charge in [0.2, 0.25) is 10.0 Å². The number of nitro groups is 1. The Morgan fingerprint density at radius 2 is 1.70 bits per heavy atom. The van der Waals surface area contributed by atoms with Crippen LogP contribution in [-0.4, -0.2) is 56.6 Å². The predicted octanol–water partition coefficient (Wildman–Crippen LogP) is 5.20. The van der Waals surface area contributed by atoms with E-state index >= 15 is 0 Å². The van der Waals surface area contributed by atoms with E-state index in [4.69, 9.17) is 4.74 Å². The Kier molecular flexibility index (Phi) is 7.90. The summed E-state index contributed by atoms with van der Waals surface area (Å²) in [5.41, 5.74) is 3.61. The lowest BCUT2D eigenvalue weighted by Gasteiger charge is -2.26. The van der Waals surface area contributed by atoms with Gasteiger partial charge in [0, 0.05) is 6.07 Å². The van der Waals surface area contributed by atoms with Gasteiger partial charge in [0.05, 0.1) is 46.1 Å². The molecule has 0 atom stereocenters. The van der Waals surface area contributed by atoms with Gasteiger partial charge in [-0.25, -0.2) is 8.42 Å². The molecule has 0 radical (unpaired) electrons. The molecule has 210 valence electrons. The molecular weight excluding hydrogens is 534 g/mol. The number of amides is 1. The fraction of sp³-hybridized carbons (Fsp3) is 0.321. The SMILES string of the molecule is COc1cc(-c2ccc3c(c2)Nc2ccc(NS(=O)(=O)CCCN4CCCCC4)cc2NC3=O)ccc1[N+](=O)[O-]. The Hall–Kier alpha value is -4.16. The number of carbonyl (C=O) groups excluding carboxylic acids is 1. The van der Waals surface area contributed by atoms with Crippen molar-refractivity contribution in [2.24, 2.45) is 0 Å². The van der Waals surface area contributed by atoms with Crippen molar-refractivity contribution in [2.45, 2.75) is 25.7 Å². The highest BCUT2D eigenvalue weighted by molar-refractivity contribution is 7.92. The summed E-state index contributed by atoms with van der Waals surface area (Å²) < 4.78 is 33.3. The minimum absolute atomic E-state index is 0.0207. The van der Waals surface area contributed by atoms with Crippen LogP contribution in [-0.2, 0) is 10.0 Å². The Morgan fingerprint density at radius 1 is 0.950 bits per heavy atom. The molecule has 0 aromatic heterocycles. The number of likely N-dealkylation sites (tertiary alicyclic amines) is 1. The number of hydrogen-bond acceptors (Lipinski definition) is 8. The van der Waals surface area contributed by atoms with Gasteiger partial charge in [-0.05, 0) is 92.5 Å². The van der Waals surface area contributed by atoms with E-state index < -0.39 is 14.9 Å². The number of methoxy groups -OCH3 is 1. The van der Waals surface area contributed by atoms with Crippen LogP contribution in [0.3, 0.4) is 0 Å². The number of fused-ring (bicyclic) bond motifs is 2. The number of nitrogens with zero attached hydrogens (tertiary/aromatic N) is 2. The third-order valence-electron chi connectivity index (χ3n) is 7.12. The Balaban J connectivity index is 1.32. The number of rotatable bonds is 9. The summed E-state index contributed by atoms with van der Waals surface area (Å²) in [6.07, 6.45) is 4.12. The van der Waals surface area contributed by atoms with Crippen LogP contribution in [0.25, 0.3) is 11.1 Å². The summed E-state index contributed by atoms with van der Waals surface area (Å²) in [4.78, 5) is 26.1. The van der Waals surface area contributed by atoms with Gasteiger partial charge >= 0.3 is 5.69 Å². The highest BCUT2D eigenvalue weighted by Gasteiger charge is 2.22. The molecule has 2 aliphatic heterocycles. The first kappa shape index (κ1) is 27.4. The number of piperidine rings is 1. The third-order valence-corrected chi connectivity index (χ3v) is 8.49. The maximum absolute atomic E-state index is 13.0. The van der Waals surface area contributed by atoms with Crippen LogP contribution in [0.2, 0.25) is 0 Å². The van der Waals surface area contributed by atoms with Crippen molar-refractivity contribution in [1.29, 1.82) is 0 Å². The quantitative estimate of drug-likeness (QED) is 0.237. The van der Waals surface area contributed by atoms with Crippen molar-refractivity contribution in [3.05, 3.63) is 70.3 Å². The van der Waals surface area contributed by atoms with Crippen molar-refractivity contribution >= 4 is 44.4 Å². The highest BCUT2D eigenvalue weighted by atomic mass is 32.2. The lowest BCUT2D eigenvalue weighted by Crippen LogP contribution is -2.32. The Bertz CT molecular complexity index is 1550. The molecule has 3 aromatic carbocycles. The zero-order chi connectivity index (χ0) is 28.3. The van der Waals surface area contributed by atoms with Gasteiger partial charge in [0.15, 0.2) is 5.75 Å². The van der Waals surface area contributed by atoms with Gasteiger partial charge in [-0.3, -0.25) is 19.6 Å². The second kappa shape index (κ2) is 11.5. The number of anilines is 4. The van der Waals surface area contributed by atoms with Gasteiger partial charge in [-0.1, -0.05) is 12.5 Å². The molecule has 40 heavy (non-hydrogen) atoms. The number of ether oxygens (including phenoxy) is 1. The summed E-state index contributed by atoms with van der Waals surface area (Å²) in [5, 5.41) is 17.4. The summed E-state index contributed by atoms with van der Waals surface area (Å²) in [5.74, 6) is -0.196. The molecule has 11 nitrogen and oxygen atoms in total. The average Bonchev–Trinajstić information content (AvgIpc) is 3.07. The fourth-order valence-corrected chi connectivity index (χ4v) is 6.18. The van der Waals surface area contributed by atoms with E-state index in [1.165, 1.54) is 19.6 Å². The molecule has 0 saturated carbocycles. The molecular formula is C28H31N5O6S. The van der Waals surface area contributed by atoms with E-state index in [1.54, 1.807) is 48.5 Å². The van der Waals surface area contributed by atoms with Crippen molar-refractivity contribution < 1.29 is 22.9 Å². The van der Waals surface area contributed by atoms with Gasteiger partial charge in [0.25, 0.3) is 5.91 Å². The number of nitrogens with one attached hydrogen (secondary N) is 3. The van der Waals surface area contributed by atoms with Crippen LogP contribution in [0.5, 0.6) is 5.75 Å². The van der Waals surface area contributed by atoms with Gasteiger partial charge in [-0.2, -0.15) is 0 Å². The van der Waals surface area contributed by atoms with Crippen LogP contribution < -0.4 is 20.1 Å². The zero-order valence-electron chi connectivity index (χ0n) is 22.1. The maximum Gasteiger partial charge on any atom is 0.310 e. The Labute approximate surface area is 232 Å².